The van der Waals surface area contributed by atoms with Crippen molar-refractivity contribution in [1.29, 1.82) is 0 Å². The molecular weight excluding hydrogens is 280 g/mol. The average Bonchev–Trinajstić information content (AvgIpc) is 2.56. The van der Waals surface area contributed by atoms with E-state index in [0.29, 0.717) is 29.9 Å². The molecule has 0 heterocycles. The number of phenols is 1. The molecule has 0 atom stereocenters. The SMILES string of the molecule is COC(=O)c1ccc(NCc2ccc(CN)cc2)c(O)c1C. The molecule has 22 heavy (non-hydrogen) atoms. The van der Waals surface area contributed by atoms with Crippen molar-refractivity contribution in [3.63, 3.8) is 0 Å². The first-order chi connectivity index (χ1) is 10.6. The molecule has 0 radical (unpaired) electrons. The highest BCUT2D eigenvalue weighted by molar-refractivity contribution is 5.92. The summed E-state index contributed by atoms with van der Waals surface area (Å²) in [5.74, 6) is -0.404. The van der Waals surface area contributed by atoms with Gasteiger partial charge in [0, 0.05) is 18.7 Å². The van der Waals surface area contributed by atoms with Crippen molar-refractivity contribution in [2.75, 3.05) is 12.4 Å². The molecule has 5 nitrogen and oxygen atoms in total. The Balaban J connectivity index is 2.12. The van der Waals surface area contributed by atoms with Gasteiger partial charge < -0.3 is 20.9 Å². The summed E-state index contributed by atoms with van der Waals surface area (Å²) in [6.07, 6.45) is 0. The summed E-state index contributed by atoms with van der Waals surface area (Å²) in [5.41, 5.74) is 9.15. The lowest BCUT2D eigenvalue weighted by Crippen LogP contribution is -2.06. The number of benzene rings is 2. The summed E-state index contributed by atoms with van der Waals surface area (Å²) in [4.78, 5) is 11.6. The second kappa shape index (κ2) is 6.95. The van der Waals surface area contributed by atoms with Gasteiger partial charge in [0.25, 0.3) is 0 Å². The van der Waals surface area contributed by atoms with Crippen LogP contribution in [0.25, 0.3) is 0 Å². The molecule has 0 amide bonds. The quantitative estimate of drug-likeness (QED) is 0.584. The van der Waals surface area contributed by atoms with Crippen LogP contribution < -0.4 is 11.1 Å². The van der Waals surface area contributed by atoms with E-state index in [2.05, 4.69) is 10.1 Å². The Morgan fingerprint density at radius 3 is 2.41 bits per heavy atom. The van der Waals surface area contributed by atoms with Crippen molar-refractivity contribution in [2.24, 2.45) is 5.73 Å². The number of methoxy groups -OCH3 is 1. The number of carbonyl (C=O) groups is 1. The van der Waals surface area contributed by atoms with Crippen LogP contribution in [0.1, 0.15) is 27.0 Å². The maximum Gasteiger partial charge on any atom is 0.338 e. The monoisotopic (exact) mass is 300 g/mol. The Bertz CT molecular complexity index is 666. The van der Waals surface area contributed by atoms with E-state index in [0.717, 1.165) is 11.1 Å². The zero-order chi connectivity index (χ0) is 16.1. The van der Waals surface area contributed by atoms with Crippen LogP contribution in [-0.4, -0.2) is 18.2 Å². The molecule has 0 aliphatic carbocycles. The molecule has 116 valence electrons. The van der Waals surface area contributed by atoms with Gasteiger partial charge in [-0.1, -0.05) is 24.3 Å². The molecule has 2 aromatic carbocycles. The molecule has 0 aromatic heterocycles. The molecule has 4 N–H and O–H groups in total. The molecule has 0 aliphatic heterocycles. The van der Waals surface area contributed by atoms with Crippen LogP contribution in [0.15, 0.2) is 36.4 Å². The van der Waals surface area contributed by atoms with Gasteiger partial charge in [0.1, 0.15) is 5.75 Å². The van der Waals surface area contributed by atoms with E-state index in [1.807, 2.05) is 24.3 Å². The van der Waals surface area contributed by atoms with Crippen molar-refractivity contribution in [3.05, 3.63) is 58.7 Å². The summed E-state index contributed by atoms with van der Waals surface area (Å²) in [6, 6.07) is 11.2. The number of ether oxygens (including phenoxy) is 1. The fourth-order valence-electron chi connectivity index (χ4n) is 2.16. The third-order valence-electron chi connectivity index (χ3n) is 3.58. The Hall–Kier alpha value is -2.53. The van der Waals surface area contributed by atoms with Crippen LogP contribution in [-0.2, 0) is 17.8 Å². The molecule has 5 heteroatoms. The minimum Gasteiger partial charge on any atom is -0.505 e. The van der Waals surface area contributed by atoms with E-state index < -0.39 is 5.97 Å². The summed E-state index contributed by atoms with van der Waals surface area (Å²) < 4.78 is 4.68. The molecule has 0 fully saturated rings. The first-order valence-corrected chi connectivity index (χ1v) is 6.99. The Morgan fingerprint density at radius 1 is 1.18 bits per heavy atom. The number of carbonyl (C=O) groups excluding carboxylic acids is 1. The van der Waals surface area contributed by atoms with Crippen molar-refractivity contribution in [3.8, 4) is 5.75 Å². The molecule has 0 saturated heterocycles. The van der Waals surface area contributed by atoms with Crippen molar-refractivity contribution in [2.45, 2.75) is 20.0 Å². The Kier molecular flexibility index (Phi) is 5.01. The molecule has 2 rings (SSSR count). The number of aromatic hydroxyl groups is 1. The molecule has 0 bridgehead atoms. The van der Waals surface area contributed by atoms with Crippen LogP contribution in [0.5, 0.6) is 5.75 Å². The van der Waals surface area contributed by atoms with Gasteiger partial charge in [0.05, 0.1) is 18.4 Å². The number of nitrogens with two attached hydrogens (primary N) is 1. The summed E-state index contributed by atoms with van der Waals surface area (Å²) in [7, 11) is 1.32. The number of anilines is 1. The van der Waals surface area contributed by atoms with Gasteiger partial charge >= 0.3 is 5.97 Å². The maximum atomic E-state index is 11.6. The summed E-state index contributed by atoms with van der Waals surface area (Å²) in [5, 5.41) is 13.4. The van der Waals surface area contributed by atoms with Gasteiger partial charge in [-0.05, 0) is 30.2 Å². The third kappa shape index (κ3) is 3.38. The zero-order valence-corrected chi connectivity index (χ0v) is 12.7. The predicted octanol–water partition coefficient (Wildman–Crippen LogP) is 2.56. The van der Waals surface area contributed by atoms with Gasteiger partial charge in [-0.15, -0.1) is 0 Å². The van der Waals surface area contributed by atoms with Gasteiger partial charge in [-0.3, -0.25) is 0 Å². The third-order valence-corrected chi connectivity index (χ3v) is 3.58. The van der Waals surface area contributed by atoms with E-state index in [1.54, 1.807) is 19.1 Å². The Morgan fingerprint density at radius 2 is 1.82 bits per heavy atom. The summed E-state index contributed by atoms with van der Waals surface area (Å²) >= 11 is 0. The molecule has 0 saturated carbocycles. The first kappa shape index (κ1) is 15.9. The minimum atomic E-state index is -0.461. The Labute approximate surface area is 129 Å². The highest BCUT2D eigenvalue weighted by Gasteiger charge is 2.14. The molecular formula is C17H20N2O3. The van der Waals surface area contributed by atoms with Crippen LogP contribution in [0.3, 0.4) is 0 Å². The maximum absolute atomic E-state index is 11.6. The number of hydrogen-bond acceptors (Lipinski definition) is 5. The fraction of sp³-hybridized carbons (Fsp3) is 0.235. The number of hydrogen-bond donors (Lipinski definition) is 3. The van der Waals surface area contributed by atoms with Gasteiger partial charge in [0.15, 0.2) is 0 Å². The van der Waals surface area contributed by atoms with Crippen molar-refractivity contribution >= 4 is 11.7 Å². The minimum absolute atomic E-state index is 0.0569. The number of nitrogens with one attached hydrogen (secondary N) is 1. The van der Waals surface area contributed by atoms with E-state index in [-0.39, 0.29) is 5.75 Å². The smallest absolute Gasteiger partial charge is 0.338 e. The molecule has 0 spiro atoms. The van der Waals surface area contributed by atoms with E-state index in [4.69, 9.17) is 5.73 Å². The first-order valence-electron chi connectivity index (χ1n) is 6.99. The lowest BCUT2D eigenvalue weighted by molar-refractivity contribution is 0.0599. The van der Waals surface area contributed by atoms with E-state index >= 15 is 0 Å². The van der Waals surface area contributed by atoms with Crippen LogP contribution >= 0.6 is 0 Å². The topological polar surface area (TPSA) is 84.6 Å². The second-order valence-electron chi connectivity index (χ2n) is 5.00. The molecule has 0 unspecified atom stereocenters. The lowest BCUT2D eigenvalue weighted by atomic mass is 10.1. The van der Waals surface area contributed by atoms with Crippen LogP contribution in [0.2, 0.25) is 0 Å². The number of rotatable bonds is 5. The van der Waals surface area contributed by atoms with Gasteiger partial charge in [0.2, 0.25) is 0 Å². The highest BCUT2D eigenvalue weighted by atomic mass is 16.5. The average molecular weight is 300 g/mol. The van der Waals surface area contributed by atoms with Crippen LogP contribution in [0.4, 0.5) is 5.69 Å². The standard InChI is InChI=1S/C17H20N2O3/c1-11-14(17(21)22-2)7-8-15(16(11)20)19-10-13-5-3-12(9-18)4-6-13/h3-8,19-20H,9-10,18H2,1-2H3. The summed E-state index contributed by atoms with van der Waals surface area (Å²) in [6.45, 7) is 2.76. The lowest BCUT2D eigenvalue weighted by Gasteiger charge is -2.13. The predicted molar refractivity (Wildman–Crippen MR) is 85.8 cm³/mol. The largest absolute Gasteiger partial charge is 0.505 e. The molecule has 2 aromatic rings. The van der Waals surface area contributed by atoms with E-state index in [9.17, 15) is 9.90 Å². The van der Waals surface area contributed by atoms with E-state index in [1.165, 1.54) is 7.11 Å². The molecule has 0 aliphatic rings. The second-order valence-corrected chi connectivity index (χ2v) is 5.00. The highest BCUT2D eigenvalue weighted by Crippen LogP contribution is 2.30. The zero-order valence-electron chi connectivity index (χ0n) is 12.7. The number of phenolic OH excluding ortho intramolecular Hbond substituents is 1. The van der Waals surface area contributed by atoms with Gasteiger partial charge in [-0.25, -0.2) is 4.79 Å². The van der Waals surface area contributed by atoms with Gasteiger partial charge in [-0.2, -0.15) is 0 Å². The number of esters is 1. The van der Waals surface area contributed by atoms with Crippen LogP contribution in [0, 0.1) is 6.92 Å². The van der Waals surface area contributed by atoms with Crippen molar-refractivity contribution < 1.29 is 14.6 Å². The van der Waals surface area contributed by atoms with Crippen molar-refractivity contribution in [1.82, 2.24) is 0 Å². The fourth-order valence-corrected chi connectivity index (χ4v) is 2.16. The normalized spacial score (nSPS) is 10.3.